The highest BCUT2D eigenvalue weighted by Crippen LogP contribution is 2.21. The average molecular weight is 441 g/mol. The minimum absolute atomic E-state index is 0.127. The van der Waals surface area contributed by atoms with E-state index in [1.807, 2.05) is 19.1 Å². The standard InChI is InChI=1S/C25H32N2O5/c1-4-6-7-10-20(5-2)32-25(29)22-11-8-9-12-23(22)31-18-24(28)27-26-17-19-13-15-21(30-3)16-14-19/h8-9,11-17,20H,4-7,10,18H2,1-3H3,(H,27,28). The number of methoxy groups -OCH3 is 1. The van der Waals surface area contributed by atoms with Crippen LogP contribution in [0.1, 0.15) is 61.9 Å². The van der Waals surface area contributed by atoms with Crippen molar-refractivity contribution in [2.75, 3.05) is 13.7 Å². The zero-order valence-corrected chi connectivity index (χ0v) is 19.0. The number of ether oxygens (including phenoxy) is 3. The van der Waals surface area contributed by atoms with Crippen molar-refractivity contribution in [3.8, 4) is 11.5 Å². The molecule has 2 aromatic carbocycles. The number of amides is 1. The van der Waals surface area contributed by atoms with Gasteiger partial charge in [0.15, 0.2) is 6.61 Å². The van der Waals surface area contributed by atoms with Crippen molar-refractivity contribution >= 4 is 18.1 Å². The third kappa shape index (κ3) is 8.41. The largest absolute Gasteiger partial charge is 0.497 e. The highest BCUT2D eigenvalue weighted by Gasteiger charge is 2.18. The molecule has 0 aromatic heterocycles. The molecule has 0 aliphatic heterocycles. The van der Waals surface area contributed by atoms with Crippen molar-refractivity contribution in [2.24, 2.45) is 5.10 Å². The number of hydrogen-bond acceptors (Lipinski definition) is 6. The van der Waals surface area contributed by atoms with E-state index in [9.17, 15) is 9.59 Å². The van der Waals surface area contributed by atoms with Crippen LogP contribution in [0.4, 0.5) is 0 Å². The second kappa shape index (κ2) is 13.9. The predicted octanol–water partition coefficient (Wildman–Crippen LogP) is 4.74. The molecule has 2 rings (SSSR count). The fourth-order valence-electron chi connectivity index (χ4n) is 2.99. The maximum absolute atomic E-state index is 12.7. The molecule has 0 radical (unpaired) electrons. The van der Waals surface area contributed by atoms with Gasteiger partial charge in [-0.2, -0.15) is 5.10 Å². The topological polar surface area (TPSA) is 86.2 Å². The molecule has 0 saturated carbocycles. The fourth-order valence-corrected chi connectivity index (χ4v) is 2.99. The number of rotatable bonds is 13. The molecule has 0 saturated heterocycles. The Morgan fingerprint density at radius 3 is 2.50 bits per heavy atom. The van der Waals surface area contributed by atoms with Gasteiger partial charge in [0.2, 0.25) is 0 Å². The molecule has 1 atom stereocenters. The van der Waals surface area contributed by atoms with Gasteiger partial charge in [-0.25, -0.2) is 10.2 Å². The van der Waals surface area contributed by atoms with Crippen LogP contribution in [0.5, 0.6) is 11.5 Å². The van der Waals surface area contributed by atoms with Crippen LogP contribution in [0.25, 0.3) is 0 Å². The van der Waals surface area contributed by atoms with E-state index in [2.05, 4.69) is 17.5 Å². The summed E-state index contributed by atoms with van der Waals surface area (Å²) < 4.78 is 16.3. The van der Waals surface area contributed by atoms with Crippen LogP contribution in [0.3, 0.4) is 0 Å². The third-order valence-corrected chi connectivity index (χ3v) is 4.84. The number of carbonyl (C=O) groups is 2. The normalized spacial score (nSPS) is 11.7. The summed E-state index contributed by atoms with van der Waals surface area (Å²) in [5.41, 5.74) is 3.52. The lowest BCUT2D eigenvalue weighted by Crippen LogP contribution is -2.25. The van der Waals surface area contributed by atoms with E-state index in [1.54, 1.807) is 43.5 Å². The number of carbonyl (C=O) groups excluding carboxylic acids is 2. The molecule has 7 heteroatoms. The molecule has 1 amide bonds. The van der Waals surface area contributed by atoms with E-state index < -0.39 is 11.9 Å². The van der Waals surface area contributed by atoms with E-state index in [4.69, 9.17) is 14.2 Å². The van der Waals surface area contributed by atoms with Crippen LogP contribution in [-0.2, 0) is 9.53 Å². The van der Waals surface area contributed by atoms with Crippen molar-refractivity contribution in [1.82, 2.24) is 5.43 Å². The van der Waals surface area contributed by atoms with Gasteiger partial charge in [0.05, 0.1) is 13.3 Å². The Morgan fingerprint density at radius 1 is 1.06 bits per heavy atom. The smallest absolute Gasteiger partial charge is 0.342 e. The first-order valence-electron chi connectivity index (χ1n) is 11.0. The highest BCUT2D eigenvalue weighted by molar-refractivity contribution is 5.92. The molecule has 1 N–H and O–H groups in total. The Morgan fingerprint density at radius 2 is 1.81 bits per heavy atom. The van der Waals surface area contributed by atoms with Crippen molar-refractivity contribution in [3.05, 3.63) is 59.7 Å². The van der Waals surface area contributed by atoms with Crippen LogP contribution < -0.4 is 14.9 Å². The lowest BCUT2D eigenvalue weighted by molar-refractivity contribution is -0.123. The van der Waals surface area contributed by atoms with Gasteiger partial charge in [-0.05, 0) is 61.2 Å². The first kappa shape index (κ1) is 24.9. The zero-order chi connectivity index (χ0) is 23.2. The SMILES string of the molecule is CCCCCC(CC)OC(=O)c1ccccc1OCC(=O)NN=Cc1ccc(OC)cc1. The second-order valence-electron chi connectivity index (χ2n) is 7.28. The highest BCUT2D eigenvalue weighted by atomic mass is 16.5. The van der Waals surface area contributed by atoms with Gasteiger partial charge in [0, 0.05) is 0 Å². The molecule has 0 spiro atoms. The molecule has 0 heterocycles. The van der Waals surface area contributed by atoms with Gasteiger partial charge >= 0.3 is 5.97 Å². The summed E-state index contributed by atoms with van der Waals surface area (Å²) in [6.07, 6.45) is 6.25. The number of esters is 1. The summed E-state index contributed by atoms with van der Waals surface area (Å²) >= 11 is 0. The van der Waals surface area contributed by atoms with Gasteiger partial charge < -0.3 is 14.2 Å². The Kier molecular flexibility index (Phi) is 10.8. The lowest BCUT2D eigenvalue weighted by atomic mass is 10.1. The average Bonchev–Trinajstić information content (AvgIpc) is 2.82. The minimum atomic E-state index is -0.443. The third-order valence-electron chi connectivity index (χ3n) is 4.84. The molecule has 32 heavy (non-hydrogen) atoms. The molecule has 172 valence electrons. The van der Waals surface area contributed by atoms with E-state index >= 15 is 0 Å². The number of nitrogens with one attached hydrogen (secondary N) is 1. The first-order chi connectivity index (χ1) is 15.6. The Hall–Kier alpha value is -3.35. The van der Waals surface area contributed by atoms with Crippen molar-refractivity contribution in [2.45, 2.75) is 52.1 Å². The Labute approximate surface area is 189 Å². The minimum Gasteiger partial charge on any atom is -0.497 e. The number of unbranched alkanes of at least 4 members (excludes halogenated alkanes) is 2. The maximum Gasteiger partial charge on any atom is 0.342 e. The number of para-hydroxylation sites is 1. The number of nitrogens with zero attached hydrogens (tertiary/aromatic N) is 1. The first-order valence-corrected chi connectivity index (χ1v) is 11.0. The molecular weight excluding hydrogens is 408 g/mol. The van der Waals surface area contributed by atoms with Crippen molar-refractivity contribution in [3.63, 3.8) is 0 Å². The quantitative estimate of drug-likeness (QED) is 0.210. The molecule has 0 bridgehead atoms. The summed E-state index contributed by atoms with van der Waals surface area (Å²) in [5, 5.41) is 3.92. The van der Waals surface area contributed by atoms with Gasteiger partial charge in [-0.15, -0.1) is 0 Å². The molecule has 0 fully saturated rings. The van der Waals surface area contributed by atoms with Crippen molar-refractivity contribution in [1.29, 1.82) is 0 Å². The van der Waals surface area contributed by atoms with Crippen LogP contribution in [0, 0.1) is 0 Å². The molecular formula is C25H32N2O5. The summed E-state index contributed by atoms with van der Waals surface area (Å²) in [6.45, 7) is 3.86. The van der Waals surface area contributed by atoms with E-state index in [0.29, 0.717) is 11.3 Å². The van der Waals surface area contributed by atoms with Gasteiger partial charge in [-0.1, -0.05) is 38.8 Å². The van der Waals surface area contributed by atoms with Crippen molar-refractivity contribution < 1.29 is 23.8 Å². The summed E-state index contributed by atoms with van der Waals surface area (Å²) in [7, 11) is 1.59. The van der Waals surface area contributed by atoms with E-state index in [1.165, 1.54) is 6.21 Å². The van der Waals surface area contributed by atoms with E-state index in [0.717, 1.165) is 43.4 Å². The van der Waals surface area contributed by atoms with Gasteiger partial charge in [0.1, 0.15) is 23.2 Å². The second-order valence-corrected chi connectivity index (χ2v) is 7.28. The van der Waals surface area contributed by atoms with Gasteiger partial charge in [-0.3, -0.25) is 4.79 Å². The molecule has 0 aliphatic rings. The summed E-state index contributed by atoms with van der Waals surface area (Å²) in [6, 6.07) is 14.0. The fraction of sp³-hybridized carbons (Fsp3) is 0.400. The molecule has 7 nitrogen and oxygen atoms in total. The van der Waals surface area contributed by atoms with Crippen LogP contribution in [0.15, 0.2) is 53.6 Å². The Balaban J connectivity index is 1.87. The van der Waals surface area contributed by atoms with Gasteiger partial charge in [0.25, 0.3) is 5.91 Å². The molecule has 1 unspecified atom stereocenters. The predicted molar refractivity (Wildman–Crippen MR) is 124 cm³/mol. The number of hydrazone groups is 1. The number of hydrogen-bond donors (Lipinski definition) is 1. The lowest BCUT2D eigenvalue weighted by Gasteiger charge is -2.17. The molecule has 0 aliphatic carbocycles. The summed E-state index contributed by atoms with van der Waals surface area (Å²) in [5.74, 6) is 0.156. The Bertz CT molecular complexity index is 880. The van der Waals surface area contributed by atoms with Crippen LogP contribution in [0.2, 0.25) is 0 Å². The maximum atomic E-state index is 12.7. The molecule has 2 aromatic rings. The van der Waals surface area contributed by atoms with Crippen LogP contribution >= 0.6 is 0 Å². The van der Waals surface area contributed by atoms with Crippen LogP contribution in [-0.4, -0.2) is 37.9 Å². The van der Waals surface area contributed by atoms with E-state index in [-0.39, 0.29) is 12.7 Å². The monoisotopic (exact) mass is 440 g/mol. The number of benzene rings is 2. The summed E-state index contributed by atoms with van der Waals surface area (Å²) in [4.78, 5) is 24.7. The zero-order valence-electron chi connectivity index (χ0n) is 19.0.